The largest absolute Gasteiger partial charge is 0.306 e. The Morgan fingerprint density at radius 2 is 2.00 bits per heavy atom. The fourth-order valence-corrected chi connectivity index (χ4v) is 3.75. The summed E-state index contributed by atoms with van der Waals surface area (Å²) in [6.45, 7) is 6.72. The number of allylic oxidation sites excluding steroid dienone is 1. The fraction of sp³-hybridized carbons (Fsp3) is 0.500. The number of thioether (sulfide) groups is 1. The van der Waals surface area contributed by atoms with Gasteiger partial charge in [-0.3, -0.25) is 0 Å². The van der Waals surface area contributed by atoms with Gasteiger partial charge in [-0.15, -0.1) is 11.8 Å². The molecule has 1 aliphatic rings. The van der Waals surface area contributed by atoms with Gasteiger partial charge in [-0.2, -0.15) is 0 Å². The lowest BCUT2D eigenvalue weighted by Gasteiger charge is -2.15. The topological polar surface area (TPSA) is 12.0 Å². The van der Waals surface area contributed by atoms with E-state index in [9.17, 15) is 0 Å². The third kappa shape index (κ3) is 3.39. The first-order chi connectivity index (χ1) is 8.70. The van der Waals surface area contributed by atoms with Crippen LogP contribution in [0.2, 0.25) is 0 Å². The second-order valence-corrected chi connectivity index (χ2v) is 6.59. The van der Waals surface area contributed by atoms with Gasteiger partial charge < -0.3 is 5.32 Å². The highest BCUT2D eigenvalue weighted by Gasteiger charge is 2.33. The number of benzene rings is 1. The molecule has 0 saturated carbocycles. The predicted octanol–water partition coefficient (Wildman–Crippen LogP) is 4.11. The van der Waals surface area contributed by atoms with E-state index in [2.05, 4.69) is 68.6 Å². The maximum absolute atomic E-state index is 3.75. The van der Waals surface area contributed by atoms with E-state index in [0.717, 1.165) is 0 Å². The van der Waals surface area contributed by atoms with Crippen molar-refractivity contribution < 1.29 is 0 Å². The van der Waals surface area contributed by atoms with E-state index < -0.39 is 0 Å². The molecule has 1 fully saturated rings. The molecule has 1 saturated heterocycles. The molecule has 0 bridgehead atoms. The van der Waals surface area contributed by atoms with Gasteiger partial charge in [-0.25, -0.2) is 0 Å². The molecular weight excluding hydrogens is 238 g/mol. The molecule has 1 unspecified atom stereocenters. The molecule has 1 aliphatic heterocycles. The minimum Gasteiger partial charge on any atom is -0.306 e. The predicted molar refractivity (Wildman–Crippen MR) is 81.1 cm³/mol. The first kappa shape index (κ1) is 13.7. The molecule has 0 amide bonds. The van der Waals surface area contributed by atoms with Gasteiger partial charge in [0.1, 0.15) is 0 Å². The van der Waals surface area contributed by atoms with Crippen LogP contribution in [-0.2, 0) is 0 Å². The zero-order valence-corrected chi connectivity index (χ0v) is 12.3. The van der Waals surface area contributed by atoms with Crippen molar-refractivity contribution in [2.75, 3.05) is 0 Å². The summed E-state index contributed by atoms with van der Waals surface area (Å²) < 4.78 is 0. The molecule has 1 heterocycles. The van der Waals surface area contributed by atoms with Crippen molar-refractivity contribution in [3.05, 3.63) is 42.5 Å². The Hall–Kier alpha value is -0.730. The Morgan fingerprint density at radius 1 is 1.28 bits per heavy atom. The Bertz CT molecular complexity index is 385. The van der Waals surface area contributed by atoms with E-state index in [1.807, 2.05) is 11.8 Å². The summed E-state index contributed by atoms with van der Waals surface area (Å²) in [6, 6.07) is 11.9. The van der Waals surface area contributed by atoms with Crippen LogP contribution < -0.4 is 5.32 Å². The van der Waals surface area contributed by atoms with Crippen molar-refractivity contribution >= 4 is 11.8 Å². The summed E-state index contributed by atoms with van der Waals surface area (Å²) in [4.78, 5) is 1.38. The zero-order chi connectivity index (χ0) is 13.0. The van der Waals surface area contributed by atoms with Gasteiger partial charge in [0.2, 0.25) is 0 Å². The van der Waals surface area contributed by atoms with Gasteiger partial charge in [-0.05, 0) is 31.4 Å². The van der Waals surface area contributed by atoms with Gasteiger partial charge in [0.15, 0.2) is 0 Å². The van der Waals surface area contributed by atoms with Crippen molar-refractivity contribution in [1.29, 1.82) is 0 Å². The number of hydrogen-bond donors (Lipinski definition) is 1. The van der Waals surface area contributed by atoms with Gasteiger partial charge in [-0.1, -0.05) is 44.2 Å². The van der Waals surface area contributed by atoms with Crippen LogP contribution in [0.4, 0.5) is 0 Å². The normalized spacial score (nSPS) is 28.3. The maximum Gasteiger partial charge on any atom is 0.0376 e. The van der Waals surface area contributed by atoms with Gasteiger partial charge in [0.25, 0.3) is 0 Å². The van der Waals surface area contributed by atoms with Crippen LogP contribution in [0.3, 0.4) is 0 Å². The van der Waals surface area contributed by atoms with Crippen molar-refractivity contribution in [1.82, 2.24) is 5.32 Å². The van der Waals surface area contributed by atoms with Crippen LogP contribution in [0.5, 0.6) is 0 Å². The number of hydrogen-bond acceptors (Lipinski definition) is 2. The quantitative estimate of drug-likeness (QED) is 0.819. The molecule has 2 heteroatoms. The van der Waals surface area contributed by atoms with Gasteiger partial charge in [0.05, 0.1) is 0 Å². The van der Waals surface area contributed by atoms with Crippen molar-refractivity contribution in [2.45, 2.75) is 49.4 Å². The second-order valence-electron chi connectivity index (χ2n) is 5.27. The second kappa shape index (κ2) is 6.44. The van der Waals surface area contributed by atoms with Crippen LogP contribution in [-0.4, -0.2) is 17.3 Å². The summed E-state index contributed by atoms with van der Waals surface area (Å²) in [6.07, 6.45) is 5.73. The standard InChI is InChI=1S/C16H23NS/c1-4-8-14-16(11-15(17-14)12(2)3)18-13-9-6-5-7-10-13/h4-10,12,14-17H,11H2,1-3H3/b8-4+/t14-,15-,16?/m0/s1. The van der Waals surface area contributed by atoms with E-state index in [1.54, 1.807) is 0 Å². The van der Waals surface area contributed by atoms with Crippen LogP contribution in [0.25, 0.3) is 0 Å². The average Bonchev–Trinajstić information content (AvgIpc) is 2.75. The molecule has 1 aromatic rings. The summed E-state index contributed by atoms with van der Waals surface area (Å²) in [5, 5.41) is 4.40. The Labute approximate surface area is 115 Å². The SMILES string of the molecule is C/C=C/[C@@H]1N[C@H](C(C)C)CC1Sc1ccccc1. The lowest BCUT2D eigenvalue weighted by atomic mass is 10.0. The van der Waals surface area contributed by atoms with Crippen molar-refractivity contribution in [3.63, 3.8) is 0 Å². The molecule has 1 N–H and O–H groups in total. The summed E-state index contributed by atoms with van der Waals surface area (Å²) >= 11 is 2.01. The van der Waals surface area contributed by atoms with Crippen LogP contribution in [0.15, 0.2) is 47.4 Å². The molecular formula is C16H23NS. The lowest BCUT2D eigenvalue weighted by molar-refractivity contribution is 0.442. The summed E-state index contributed by atoms with van der Waals surface area (Å²) in [7, 11) is 0. The van der Waals surface area contributed by atoms with Crippen LogP contribution in [0, 0.1) is 5.92 Å². The molecule has 0 aromatic heterocycles. The van der Waals surface area contributed by atoms with Crippen molar-refractivity contribution in [2.24, 2.45) is 5.92 Å². The smallest absolute Gasteiger partial charge is 0.0376 e. The number of rotatable bonds is 4. The molecule has 0 radical (unpaired) electrons. The molecule has 3 atom stereocenters. The molecule has 18 heavy (non-hydrogen) atoms. The highest BCUT2D eigenvalue weighted by molar-refractivity contribution is 8.00. The first-order valence-corrected chi connectivity index (χ1v) is 7.69. The van der Waals surface area contributed by atoms with Gasteiger partial charge in [0, 0.05) is 22.2 Å². The van der Waals surface area contributed by atoms with E-state index in [1.165, 1.54) is 11.3 Å². The first-order valence-electron chi connectivity index (χ1n) is 6.81. The summed E-state index contributed by atoms with van der Waals surface area (Å²) in [5.41, 5.74) is 0. The van der Waals surface area contributed by atoms with E-state index in [0.29, 0.717) is 23.3 Å². The highest BCUT2D eigenvalue weighted by Crippen LogP contribution is 2.34. The Kier molecular flexibility index (Phi) is 4.90. The monoisotopic (exact) mass is 261 g/mol. The van der Waals surface area contributed by atoms with Crippen molar-refractivity contribution in [3.8, 4) is 0 Å². The molecule has 2 rings (SSSR count). The van der Waals surface area contributed by atoms with E-state index >= 15 is 0 Å². The van der Waals surface area contributed by atoms with Crippen LogP contribution >= 0.6 is 11.8 Å². The lowest BCUT2D eigenvalue weighted by Crippen LogP contribution is -2.33. The molecule has 0 spiro atoms. The molecule has 1 aromatic carbocycles. The zero-order valence-electron chi connectivity index (χ0n) is 11.5. The minimum atomic E-state index is 0.507. The number of nitrogens with one attached hydrogen (secondary N) is 1. The minimum absolute atomic E-state index is 0.507. The van der Waals surface area contributed by atoms with E-state index in [-0.39, 0.29) is 0 Å². The summed E-state index contributed by atoms with van der Waals surface area (Å²) in [5.74, 6) is 0.708. The molecule has 1 nitrogen and oxygen atoms in total. The molecule has 0 aliphatic carbocycles. The average molecular weight is 261 g/mol. The fourth-order valence-electron chi connectivity index (χ4n) is 2.47. The Morgan fingerprint density at radius 3 is 2.61 bits per heavy atom. The highest BCUT2D eigenvalue weighted by atomic mass is 32.2. The maximum atomic E-state index is 3.75. The third-order valence-electron chi connectivity index (χ3n) is 3.53. The third-order valence-corrected chi connectivity index (χ3v) is 4.86. The van der Waals surface area contributed by atoms with Crippen LogP contribution in [0.1, 0.15) is 27.2 Å². The van der Waals surface area contributed by atoms with Gasteiger partial charge >= 0.3 is 0 Å². The Balaban J connectivity index is 2.05. The molecule has 98 valence electrons. The van der Waals surface area contributed by atoms with E-state index in [4.69, 9.17) is 0 Å².